The number of amides is 4. The van der Waals surface area contributed by atoms with Crippen LogP contribution in [0, 0.1) is 19.8 Å². The highest BCUT2D eigenvalue weighted by Gasteiger charge is 2.40. The SMILES string of the molecule is Cc1cccc(C)c1C(C(=O)Nc1ccc2ccccc2c1)N(C(=O)C(CC(N)=O)NC(=O)OC(C)(C)C)C(C)CCC(C)C. The topological polar surface area (TPSA) is 131 Å². The van der Waals surface area contributed by atoms with Crippen molar-refractivity contribution in [3.05, 3.63) is 77.4 Å². The fourth-order valence-electron chi connectivity index (χ4n) is 5.48. The van der Waals surface area contributed by atoms with Crippen LogP contribution in [-0.2, 0) is 19.1 Å². The van der Waals surface area contributed by atoms with Gasteiger partial charge in [-0.2, -0.15) is 0 Å². The van der Waals surface area contributed by atoms with Crippen LogP contribution in [0.25, 0.3) is 10.8 Å². The molecule has 3 unspecified atom stereocenters. The van der Waals surface area contributed by atoms with E-state index in [-0.39, 0.29) is 0 Å². The van der Waals surface area contributed by atoms with Gasteiger partial charge in [0.15, 0.2) is 0 Å². The van der Waals surface area contributed by atoms with Crippen molar-refractivity contribution in [2.75, 3.05) is 5.32 Å². The molecular formula is C36H48N4O5. The second-order valence-electron chi connectivity index (χ2n) is 13.2. The van der Waals surface area contributed by atoms with Gasteiger partial charge in [0.25, 0.3) is 5.91 Å². The minimum Gasteiger partial charge on any atom is -0.444 e. The zero-order valence-corrected chi connectivity index (χ0v) is 27.8. The summed E-state index contributed by atoms with van der Waals surface area (Å²) in [5.41, 5.74) is 7.65. The van der Waals surface area contributed by atoms with Crippen molar-refractivity contribution in [3.63, 3.8) is 0 Å². The number of aryl methyl sites for hydroxylation is 2. The van der Waals surface area contributed by atoms with Gasteiger partial charge in [-0.3, -0.25) is 14.4 Å². The Morgan fingerprint density at radius 1 is 0.867 bits per heavy atom. The Labute approximate surface area is 266 Å². The second kappa shape index (κ2) is 15.1. The van der Waals surface area contributed by atoms with Crippen LogP contribution in [0.2, 0.25) is 0 Å². The van der Waals surface area contributed by atoms with Crippen molar-refractivity contribution < 1.29 is 23.9 Å². The van der Waals surface area contributed by atoms with Crippen LogP contribution in [0.5, 0.6) is 0 Å². The normalized spacial score (nSPS) is 13.5. The third kappa shape index (κ3) is 9.80. The smallest absolute Gasteiger partial charge is 0.408 e. The summed E-state index contributed by atoms with van der Waals surface area (Å²) in [4.78, 5) is 55.7. The molecule has 0 radical (unpaired) electrons. The van der Waals surface area contributed by atoms with Crippen LogP contribution in [0.4, 0.5) is 10.5 Å². The number of carbonyl (C=O) groups is 4. The van der Waals surface area contributed by atoms with E-state index in [2.05, 4.69) is 24.5 Å². The first-order valence-electron chi connectivity index (χ1n) is 15.5. The Morgan fingerprint density at radius 3 is 2.07 bits per heavy atom. The fraction of sp³-hybridized carbons (Fsp3) is 0.444. The molecule has 9 nitrogen and oxygen atoms in total. The van der Waals surface area contributed by atoms with Crippen LogP contribution < -0.4 is 16.4 Å². The lowest BCUT2D eigenvalue weighted by molar-refractivity contribution is -0.144. The number of nitrogens with zero attached hydrogens (tertiary/aromatic N) is 1. The van der Waals surface area contributed by atoms with Crippen molar-refractivity contribution in [1.82, 2.24) is 10.2 Å². The molecule has 3 atom stereocenters. The summed E-state index contributed by atoms with van der Waals surface area (Å²) in [5.74, 6) is -1.45. The fourth-order valence-corrected chi connectivity index (χ4v) is 5.48. The second-order valence-corrected chi connectivity index (χ2v) is 13.2. The number of benzene rings is 3. The summed E-state index contributed by atoms with van der Waals surface area (Å²) in [6, 6.07) is 16.3. The molecule has 4 amide bonds. The third-order valence-corrected chi connectivity index (χ3v) is 7.64. The molecule has 3 aromatic rings. The highest BCUT2D eigenvalue weighted by atomic mass is 16.6. The Morgan fingerprint density at radius 2 is 1.49 bits per heavy atom. The molecule has 0 fully saturated rings. The maximum atomic E-state index is 14.6. The van der Waals surface area contributed by atoms with Gasteiger partial charge in [-0.15, -0.1) is 0 Å². The van der Waals surface area contributed by atoms with Gasteiger partial charge < -0.3 is 26.0 Å². The Kier molecular flexibility index (Phi) is 11.7. The maximum absolute atomic E-state index is 14.6. The van der Waals surface area contributed by atoms with Gasteiger partial charge in [0, 0.05) is 11.7 Å². The lowest BCUT2D eigenvalue weighted by Gasteiger charge is -2.39. The number of fused-ring (bicyclic) bond motifs is 1. The van der Waals surface area contributed by atoms with Crippen LogP contribution in [0.1, 0.15) is 83.5 Å². The number of nitrogens with one attached hydrogen (secondary N) is 2. The Balaban J connectivity index is 2.16. The molecule has 0 aliphatic rings. The number of nitrogens with two attached hydrogens (primary N) is 1. The molecule has 3 aromatic carbocycles. The van der Waals surface area contributed by atoms with E-state index in [1.165, 1.54) is 4.90 Å². The van der Waals surface area contributed by atoms with Crippen LogP contribution >= 0.6 is 0 Å². The van der Waals surface area contributed by atoms with Crippen molar-refractivity contribution in [2.45, 2.75) is 98.4 Å². The van der Waals surface area contributed by atoms with E-state index in [4.69, 9.17) is 10.5 Å². The number of hydrogen-bond donors (Lipinski definition) is 3. The molecule has 4 N–H and O–H groups in total. The number of carbonyl (C=O) groups excluding carboxylic acids is 4. The highest BCUT2D eigenvalue weighted by molar-refractivity contribution is 6.01. The third-order valence-electron chi connectivity index (χ3n) is 7.64. The van der Waals surface area contributed by atoms with Gasteiger partial charge in [-0.1, -0.05) is 62.4 Å². The van der Waals surface area contributed by atoms with Crippen molar-refractivity contribution >= 4 is 40.3 Å². The summed E-state index contributed by atoms with van der Waals surface area (Å²) in [6.45, 7) is 15.0. The lowest BCUT2D eigenvalue weighted by Crippen LogP contribution is -2.56. The number of alkyl carbamates (subject to hydrolysis) is 1. The Hall–Kier alpha value is -4.40. The predicted molar refractivity (Wildman–Crippen MR) is 179 cm³/mol. The summed E-state index contributed by atoms with van der Waals surface area (Å²) in [5, 5.41) is 7.61. The van der Waals surface area contributed by atoms with E-state index >= 15 is 0 Å². The number of ether oxygens (including phenoxy) is 1. The summed E-state index contributed by atoms with van der Waals surface area (Å²) < 4.78 is 5.41. The number of rotatable bonds is 12. The average molecular weight is 617 g/mol. The molecule has 0 aromatic heterocycles. The van der Waals surface area contributed by atoms with E-state index < -0.39 is 54.0 Å². The van der Waals surface area contributed by atoms with Crippen molar-refractivity contribution in [1.29, 1.82) is 0 Å². The molecule has 0 aliphatic heterocycles. The summed E-state index contributed by atoms with van der Waals surface area (Å²) in [7, 11) is 0. The molecule has 0 aliphatic carbocycles. The molecule has 45 heavy (non-hydrogen) atoms. The first-order valence-corrected chi connectivity index (χ1v) is 15.5. The first-order chi connectivity index (χ1) is 21.1. The molecule has 3 rings (SSSR count). The predicted octanol–water partition coefficient (Wildman–Crippen LogP) is 6.56. The molecular weight excluding hydrogens is 568 g/mol. The van der Waals surface area contributed by atoms with E-state index in [0.29, 0.717) is 23.6 Å². The number of anilines is 1. The Bertz CT molecular complexity index is 1510. The van der Waals surface area contributed by atoms with Gasteiger partial charge in [0.2, 0.25) is 11.8 Å². The first kappa shape index (κ1) is 35.1. The van der Waals surface area contributed by atoms with E-state index in [1.807, 2.05) is 81.4 Å². The summed E-state index contributed by atoms with van der Waals surface area (Å²) in [6.07, 6.45) is 0.0544. The minimum atomic E-state index is -1.35. The van der Waals surface area contributed by atoms with Crippen LogP contribution in [0.15, 0.2) is 60.7 Å². The van der Waals surface area contributed by atoms with E-state index in [1.54, 1.807) is 20.8 Å². The quantitative estimate of drug-likeness (QED) is 0.212. The molecule has 242 valence electrons. The van der Waals surface area contributed by atoms with Gasteiger partial charge in [0.1, 0.15) is 17.7 Å². The molecule has 0 saturated carbocycles. The molecule has 0 saturated heterocycles. The van der Waals surface area contributed by atoms with E-state index in [9.17, 15) is 19.2 Å². The molecule has 0 heterocycles. The molecule has 9 heteroatoms. The minimum absolute atomic E-state index is 0.343. The largest absolute Gasteiger partial charge is 0.444 e. The maximum Gasteiger partial charge on any atom is 0.408 e. The number of primary amides is 1. The lowest BCUT2D eigenvalue weighted by atomic mass is 9.91. The number of hydrogen-bond acceptors (Lipinski definition) is 5. The van der Waals surface area contributed by atoms with Gasteiger partial charge in [-0.25, -0.2) is 4.79 Å². The molecule has 0 spiro atoms. The van der Waals surface area contributed by atoms with E-state index in [0.717, 1.165) is 28.3 Å². The average Bonchev–Trinajstić information content (AvgIpc) is 2.93. The van der Waals surface area contributed by atoms with Crippen molar-refractivity contribution in [2.24, 2.45) is 11.7 Å². The van der Waals surface area contributed by atoms with Crippen LogP contribution in [-0.4, -0.2) is 46.4 Å². The molecule has 0 bridgehead atoms. The van der Waals surface area contributed by atoms with Crippen LogP contribution in [0.3, 0.4) is 0 Å². The van der Waals surface area contributed by atoms with Crippen molar-refractivity contribution in [3.8, 4) is 0 Å². The zero-order valence-electron chi connectivity index (χ0n) is 27.8. The zero-order chi connectivity index (χ0) is 33.5. The summed E-state index contributed by atoms with van der Waals surface area (Å²) >= 11 is 0. The van der Waals surface area contributed by atoms with Gasteiger partial charge in [0.05, 0.1) is 6.42 Å². The van der Waals surface area contributed by atoms with Gasteiger partial charge >= 0.3 is 6.09 Å². The highest BCUT2D eigenvalue weighted by Crippen LogP contribution is 2.33. The monoisotopic (exact) mass is 616 g/mol. The van der Waals surface area contributed by atoms with Gasteiger partial charge in [-0.05, 0) is 99.9 Å². The standard InChI is InChI=1S/C36H48N4O5/c1-22(2)16-17-25(5)40(34(43)29(21-30(37)41)39-35(44)45-36(6,7)8)32(31-23(3)12-11-13-24(31)4)33(42)38-28-19-18-26-14-9-10-15-27(26)20-28/h9-15,18-20,22,25,29,32H,16-17,21H2,1-8H3,(H2,37,41)(H,38,42)(H,39,44).